The van der Waals surface area contributed by atoms with Crippen LogP contribution in [0.2, 0.25) is 0 Å². The monoisotopic (exact) mass is 537 g/mol. The van der Waals surface area contributed by atoms with E-state index in [4.69, 9.17) is 9.98 Å². The number of fused-ring (bicyclic) bond motifs is 1. The van der Waals surface area contributed by atoms with Crippen molar-refractivity contribution in [3.05, 3.63) is 47.2 Å². The number of nitrogens with zero attached hydrogens (tertiary/aromatic N) is 3. The van der Waals surface area contributed by atoms with Gasteiger partial charge < -0.3 is 4.57 Å². The largest absolute Gasteiger partial charge is 0.335 e. The first-order valence-electron chi connectivity index (χ1n) is 16.5. The maximum Gasteiger partial charge on any atom is 0.0793 e. The quantitative estimate of drug-likeness (QED) is 0.202. The molecule has 0 amide bonds. The molecule has 3 nitrogen and oxygen atoms in total. The minimum absolute atomic E-state index is 0.409. The minimum Gasteiger partial charge on any atom is -0.335 e. The van der Waals surface area contributed by atoms with E-state index in [-0.39, 0.29) is 0 Å². The number of rotatable bonds is 11. The van der Waals surface area contributed by atoms with Crippen LogP contribution in [0.1, 0.15) is 151 Å². The van der Waals surface area contributed by atoms with Crippen molar-refractivity contribution in [3.8, 4) is 11.8 Å². The van der Waals surface area contributed by atoms with Crippen LogP contribution in [-0.2, 0) is 0 Å². The molecule has 1 aromatic heterocycles. The molecule has 2 heterocycles. The first-order chi connectivity index (χ1) is 19.6. The molecule has 2 aliphatic carbocycles. The molecule has 0 radical (unpaired) electrons. The van der Waals surface area contributed by atoms with Crippen molar-refractivity contribution in [2.75, 3.05) is 6.54 Å². The molecule has 1 unspecified atom stereocenters. The van der Waals surface area contributed by atoms with Crippen LogP contribution >= 0.6 is 0 Å². The molecule has 1 aliphatic heterocycles. The average Bonchev–Trinajstić information content (AvgIpc) is 3.71. The van der Waals surface area contributed by atoms with Crippen molar-refractivity contribution < 1.29 is 0 Å². The van der Waals surface area contributed by atoms with Crippen LogP contribution in [0.15, 0.2) is 34.8 Å². The predicted molar refractivity (Wildman–Crippen MR) is 173 cm³/mol. The van der Waals surface area contributed by atoms with Gasteiger partial charge in [-0.1, -0.05) is 44.6 Å². The second kappa shape index (κ2) is 13.8. The summed E-state index contributed by atoms with van der Waals surface area (Å²) in [6.07, 6.45) is 21.0. The Bertz CT molecular complexity index is 1300. The van der Waals surface area contributed by atoms with Crippen molar-refractivity contribution in [2.24, 2.45) is 9.98 Å². The molecule has 0 saturated heterocycles. The normalized spacial score (nSPS) is 19.9. The molecule has 1 atom stereocenters. The average molecular weight is 538 g/mol. The van der Waals surface area contributed by atoms with Gasteiger partial charge in [-0.05, 0) is 120 Å². The fraction of sp³-hybridized carbons (Fsp3) is 0.622. The van der Waals surface area contributed by atoms with Crippen LogP contribution in [0.5, 0.6) is 0 Å². The number of unbranched alkanes of at least 4 members (excludes halogenated alkanes) is 2. The molecule has 3 heteroatoms. The molecule has 5 rings (SSSR count). The Labute approximate surface area is 243 Å². The van der Waals surface area contributed by atoms with E-state index in [2.05, 4.69) is 55.9 Å². The SMILES string of the molecule is C=CCCC(CCCC)N=C1CCCCC(c2c(C#CCCC)c3cc(C)c(C4CC4)cc3n2C2CCC2)=NC1. The zero-order chi connectivity index (χ0) is 27.9. The van der Waals surface area contributed by atoms with Crippen LogP contribution in [0, 0.1) is 18.8 Å². The van der Waals surface area contributed by atoms with E-state index in [1.165, 1.54) is 103 Å². The van der Waals surface area contributed by atoms with E-state index >= 15 is 0 Å². The summed E-state index contributed by atoms with van der Waals surface area (Å²) in [6, 6.07) is 5.99. The van der Waals surface area contributed by atoms with Crippen molar-refractivity contribution in [1.82, 2.24) is 4.57 Å². The van der Waals surface area contributed by atoms with Gasteiger partial charge in [0.15, 0.2) is 0 Å². The summed E-state index contributed by atoms with van der Waals surface area (Å²) in [5, 5.41) is 1.36. The van der Waals surface area contributed by atoms with E-state index in [1.807, 2.05) is 6.08 Å². The van der Waals surface area contributed by atoms with Crippen LogP contribution in [-0.4, -0.2) is 28.6 Å². The van der Waals surface area contributed by atoms with Crippen molar-refractivity contribution in [2.45, 2.75) is 142 Å². The smallest absolute Gasteiger partial charge is 0.0793 e. The van der Waals surface area contributed by atoms with Gasteiger partial charge in [0, 0.05) is 23.6 Å². The van der Waals surface area contributed by atoms with Crippen LogP contribution in [0.4, 0.5) is 0 Å². The molecule has 2 fully saturated rings. The molecule has 214 valence electrons. The predicted octanol–water partition coefficient (Wildman–Crippen LogP) is 10.0. The highest BCUT2D eigenvalue weighted by molar-refractivity contribution is 6.09. The number of hydrogen-bond acceptors (Lipinski definition) is 2. The summed E-state index contributed by atoms with van der Waals surface area (Å²) < 4.78 is 2.70. The topological polar surface area (TPSA) is 29.6 Å². The molecule has 3 aliphatic rings. The van der Waals surface area contributed by atoms with Gasteiger partial charge in [-0.2, -0.15) is 0 Å². The van der Waals surface area contributed by atoms with E-state index in [1.54, 1.807) is 5.56 Å². The van der Waals surface area contributed by atoms with Crippen LogP contribution < -0.4 is 0 Å². The van der Waals surface area contributed by atoms with Crippen LogP contribution in [0.3, 0.4) is 0 Å². The lowest BCUT2D eigenvalue weighted by Crippen LogP contribution is -2.23. The molecule has 2 aromatic rings. The van der Waals surface area contributed by atoms with Gasteiger partial charge in [-0.3, -0.25) is 9.98 Å². The van der Waals surface area contributed by atoms with E-state index in [0.29, 0.717) is 12.1 Å². The van der Waals surface area contributed by atoms with E-state index < -0.39 is 0 Å². The van der Waals surface area contributed by atoms with E-state index in [9.17, 15) is 0 Å². The van der Waals surface area contributed by atoms with E-state index in [0.717, 1.165) is 51.0 Å². The summed E-state index contributed by atoms with van der Waals surface area (Å²) in [5.41, 5.74) is 9.58. The standard InChI is InChI=1S/C37H51N3/c1-5-8-11-20-32-34-24-27(4)33(28-22-23-28)25-36(34)40(31-18-14-19-31)37(32)35-21-13-12-17-30(26-38-35)39-29(15-9-6-2)16-10-7-3/h6,24-25,28-29,31H,2,5,7-10,12-19,21-23,26H2,1,3-4H3. The van der Waals surface area contributed by atoms with Crippen LogP contribution in [0.25, 0.3) is 10.9 Å². The Kier molecular flexibility index (Phi) is 10.0. The highest BCUT2D eigenvalue weighted by Crippen LogP contribution is 2.45. The molecule has 0 N–H and O–H groups in total. The zero-order valence-corrected chi connectivity index (χ0v) is 25.5. The second-order valence-corrected chi connectivity index (χ2v) is 12.6. The van der Waals surface area contributed by atoms with Gasteiger partial charge in [0.1, 0.15) is 0 Å². The third-order valence-corrected chi connectivity index (χ3v) is 9.25. The lowest BCUT2D eigenvalue weighted by molar-refractivity contribution is 0.320. The van der Waals surface area contributed by atoms with Gasteiger partial charge in [0.25, 0.3) is 0 Å². The highest BCUT2D eigenvalue weighted by atomic mass is 15.1. The fourth-order valence-corrected chi connectivity index (χ4v) is 6.57. The molecular formula is C37H51N3. The zero-order valence-electron chi connectivity index (χ0n) is 25.5. The van der Waals surface area contributed by atoms with Gasteiger partial charge in [-0.15, -0.1) is 6.58 Å². The number of benzene rings is 1. The first kappa shape index (κ1) is 28.9. The minimum atomic E-state index is 0.409. The number of hydrogen-bond donors (Lipinski definition) is 0. The van der Waals surface area contributed by atoms with Gasteiger partial charge in [0.2, 0.25) is 0 Å². The summed E-state index contributed by atoms with van der Waals surface area (Å²) in [4.78, 5) is 10.7. The molecule has 1 aromatic carbocycles. The van der Waals surface area contributed by atoms with Crippen molar-refractivity contribution in [1.29, 1.82) is 0 Å². The lowest BCUT2D eigenvalue weighted by Gasteiger charge is -2.31. The third-order valence-electron chi connectivity index (χ3n) is 9.25. The highest BCUT2D eigenvalue weighted by Gasteiger charge is 2.31. The molecule has 0 bridgehead atoms. The Balaban J connectivity index is 1.59. The molecule has 40 heavy (non-hydrogen) atoms. The number of aliphatic imine (C=N–C) groups is 2. The Morgan fingerprint density at radius 3 is 2.60 bits per heavy atom. The van der Waals surface area contributed by atoms with Gasteiger partial charge in [0.05, 0.1) is 35.1 Å². The maximum atomic E-state index is 5.40. The fourth-order valence-electron chi connectivity index (χ4n) is 6.57. The number of allylic oxidation sites excluding steroid dienone is 1. The van der Waals surface area contributed by atoms with Crippen molar-refractivity contribution >= 4 is 22.3 Å². The Hall–Kier alpha value is -2.60. The Morgan fingerprint density at radius 2 is 1.90 bits per heavy atom. The number of aromatic nitrogens is 1. The molecular weight excluding hydrogens is 486 g/mol. The lowest BCUT2D eigenvalue weighted by atomic mass is 9.91. The van der Waals surface area contributed by atoms with Gasteiger partial charge >= 0.3 is 0 Å². The summed E-state index contributed by atoms with van der Waals surface area (Å²) >= 11 is 0. The number of aryl methyl sites for hydroxylation is 1. The first-order valence-corrected chi connectivity index (χ1v) is 16.5. The summed E-state index contributed by atoms with van der Waals surface area (Å²) in [7, 11) is 0. The summed E-state index contributed by atoms with van der Waals surface area (Å²) in [6.45, 7) is 11.5. The Morgan fingerprint density at radius 1 is 1.07 bits per heavy atom. The molecule has 0 spiro atoms. The molecule has 2 saturated carbocycles. The van der Waals surface area contributed by atoms with Crippen molar-refractivity contribution in [3.63, 3.8) is 0 Å². The maximum absolute atomic E-state index is 5.40. The summed E-state index contributed by atoms with van der Waals surface area (Å²) in [5.74, 6) is 7.99. The van der Waals surface area contributed by atoms with Gasteiger partial charge in [-0.25, -0.2) is 0 Å². The second-order valence-electron chi connectivity index (χ2n) is 12.6. The third kappa shape index (κ3) is 6.64.